The molecule has 2 aromatic rings. The first kappa shape index (κ1) is 17.9. The average Bonchev–Trinajstić information content (AvgIpc) is 2.74. The van der Waals surface area contributed by atoms with E-state index >= 15 is 0 Å². The fraction of sp³-hybridized carbons (Fsp3) is 0.300. The van der Waals surface area contributed by atoms with Crippen LogP contribution in [0.15, 0.2) is 42.5 Å². The highest BCUT2D eigenvalue weighted by Crippen LogP contribution is 2.56. The molecule has 1 aliphatic carbocycles. The summed E-state index contributed by atoms with van der Waals surface area (Å²) in [5, 5.41) is 18.5. The Balaban J connectivity index is 2.23. The summed E-state index contributed by atoms with van der Waals surface area (Å²) in [4.78, 5) is 22.6. The number of aromatic carboxylic acids is 2. The van der Waals surface area contributed by atoms with Gasteiger partial charge in [-0.15, -0.1) is 0 Å². The zero-order valence-corrected chi connectivity index (χ0v) is 16.4. The summed E-state index contributed by atoms with van der Waals surface area (Å²) in [6, 6.07) is 12.2. The van der Waals surface area contributed by atoms with Gasteiger partial charge in [0, 0.05) is 14.8 Å². The van der Waals surface area contributed by atoms with E-state index in [0.717, 1.165) is 16.7 Å². The van der Waals surface area contributed by atoms with Crippen LogP contribution in [0.4, 0.5) is 0 Å². The maximum Gasteiger partial charge on any atom is 0.335 e. The van der Waals surface area contributed by atoms with Crippen molar-refractivity contribution in [2.24, 2.45) is 0 Å². The van der Waals surface area contributed by atoms with E-state index in [0.29, 0.717) is 0 Å². The SMILES string of the molecule is CC1(C)c2ccc(C(=O)O)cc2C(C)(c2ccc(C(=O)O)cc2)C1I. The van der Waals surface area contributed by atoms with Crippen molar-refractivity contribution in [3.05, 3.63) is 70.3 Å². The highest BCUT2D eigenvalue weighted by atomic mass is 127. The van der Waals surface area contributed by atoms with Gasteiger partial charge in [-0.3, -0.25) is 0 Å². The van der Waals surface area contributed by atoms with Crippen molar-refractivity contribution in [3.8, 4) is 0 Å². The second kappa shape index (κ2) is 5.83. The van der Waals surface area contributed by atoms with Crippen LogP contribution in [0.3, 0.4) is 0 Å². The van der Waals surface area contributed by atoms with Crippen molar-refractivity contribution < 1.29 is 19.8 Å². The zero-order valence-electron chi connectivity index (χ0n) is 14.2. The van der Waals surface area contributed by atoms with E-state index in [4.69, 9.17) is 5.11 Å². The van der Waals surface area contributed by atoms with E-state index < -0.39 is 17.4 Å². The number of hydrogen-bond acceptors (Lipinski definition) is 2. The molecule has 2 N–H and O–H groups in total. The van der Waals surface area contributed by atoms with E-state index in [2.05, 4.69) is 43.4 Å². The van der Waals surface area contributed by atoms with Crippen molar-refractivity contribution >= 4 is 34.5 Å². The van der Waals surface area contributed by atoms with E-state index in [1.165, 1.54) is 0 Å². The fourth-order valence-electron chi connectivity index (χ4n) is 3.92. The van der Waals surface area contributed by atoms with Gasteiger partial charge < -0.3 is 10.2 Å². The van der Waals surface area contributed by atoms with E-state index in [9.17, 15) is 14.7 Å². The van der Waals surface area contributed by atoms with Crippen LogP contribution in [0.25, 0.3) is 0 Å². The minimum absolute atomic E-state index is 0.132. The lowest BCUT2D eigenvalue weighted by atomic mass is 9.74. The second-order valence-electron chi connectivity index (χ2n) is 7.23. The largest absolute Gasteiger partial charge is 0.478 e. The van der Waals surface area contributed by atoms with Gasteiger partial charge in [0.25, 0.3) is 0 Å². The number of carbonyl (C=O) groups is 2. The number of rotatable bonds is 3. The van der Waals surface area contributed by atoms with Gasteiger partial charge in [0.05, 0.1) is 11.1 Å². The molecule has 0 radical (unpaired) electrons. The maximum atomic E-state index is 11.4. The Bertz CT molecular complexity index is 870. The number of fused-ring (bicyclic) bond motifs is 1. The molecular formula is C20H19IO4. The highest BCUT2D eigenvalue weighted by Gasteiger charge is 2.53. The molecule has 3 rings (SSSR count). The van der Waals surface area contributed by atoms with Crippen molar-refractivity contribution in [1.82, 2.24) is 0 Å². The molecule has 4 nitrogen and oxygen atoms in total. The van der Waals surface area contributed by atoms with E-state index in [1.807, 2.05) is 18.2 Å². The minimum atomic E-state index is -0.956. The molecule has 2 atom stereocenters. The summed E-state index contributed by atoms with van der Waals surface area (Å²) in [7, 11) is 0. The number of carboxylic acids is 2. The van der Waals surface area contributed by atoms with Gasteiger partial charge in [0.15, 0.2) is 0 Å². The predicted octanol–water partition coefficient (Wildman–Crippen LogP) is 4.48. The smallest absolute Gasteiger partial charge is 0.335 e. The number of halogens is 1. The van der Waals surface area contributed by atoms with Crippen LogP contribution in [0.5, 0.6) is 0 Å². The summed E-state index contributed by atoms with van der Waals surface area (Å²) in [6.45, 7) is 6.44. The lowest BCUT2D eigenvalue weighted by molar-refractivity contribution is 0.0686. The molecule has 5 heteroatoms. The number of benzene rings is 2. The van der Waals surface area contributed by atoms with Gasteiger partial charge in [-0.05, 0) is 41.0 Å². The number of hydrogen-bond donors (Lipinski definition) is 2. The van der Waals surface area contributed by atoms with Gasteiger partial charge in [0.1, 0.15) is 0 Å². The lowest BCUT2D eigenvalue weighted by Crippen LogP contribution is -2.37. The first-order chi connectivity index (χ1) is 11.6. The van der Waals surface area contributed by atoms with Crippen molar-refractivity contribution in [3.63, 3.8) is 0 Å². The molecule has 1 aliphatic rings. The summed E-state index contributed by atoms with van der Waals surface area (Å²) >= 11 is 2.44. The van der Waals surface area contributed by atoms with Gasteiger partial charge in [-0.2, -0.15) is 0 Å². The minimum Gasteiger partial charge on any atom is -0.478 e. The zero-order chi connectivity index (χ0) is 18.6. The van der Waals surface area contributed by atoms with Crippen LogP contribution >= 0.6 is 22.6 Å². The third kappa shape index (κ3) is 2.56. The Morgan fingerprint density at radius 3 is 1.92 bits per heavy atom. The van der Waals surface area contributed by atoms with Crippen LogP contribution < -0.4 is 0 Å². The van der Waals surface area contributed by atoms with Crippen molar-refractivity contribution in [2.75, 3.05) is 0 Å². The molecule has 0 heterocycles. The quantitative estimate of drug-likeness (QED) is 0.534. The van der Waals surface area contributed by atoms with Gasteiger partial charge in [-0.25, -0.2) is 9.59 Å². The molecular weight excluding hydrogens is 431 g/mol. The Hall–Kier alpha value is -1.89. The molecule has 0 spiro atoms. The Kier molecular flexibility index (Phi) is 4.18. The van der Waals surface area contributed by atoms with Crippen molar-refractivity contribution in [1.29, 1.82) is 0 Å². The molecule has 0 amide bonds. The molecule has 0 fully saturated rings. The van der Waals surface area contributed by atoms with Crippen LogP contribution in [0.2, 0.25) is 0 Å². The summed E-state index contributed by atoms with van der Waals surface area (Å²) in [5.74, 6) is -1.90. The third-order valence-corrected chi connectivity index (χ3v) is 8.19. The Labute approximate surface area is 160 Å². The molecule has 0 saturated heterocycles. The molecule has 25 heavy (non-hydrogen) atoms. The van der Waals surface area contributed by atoms with E-state index in [1.54, 1.807) is 24.3 Å². The topological polar surface area (TPSA) is 74.6 Å². The summed E-state index contributed by atoms with van der Waals surface area (Å²) in [6.07, 6.45) is 0. The first-order valence-electron chi connectivity index (χ1n) is 7.96. The normalized spacial score (nSPS) is 23.9. The lowest BCUT2D eigenvalue weighted by Gasteiger charge is -2.35. The summed E-state index contributed by atoms with van der Waals surface area (Å²) < 4.78 is 0.187. The van der Waals surface area contributed by atoms with Gasteiger partial charge in [0.2, 0.25) is 0 Å². The third-order valence-electron chi connectivity index (χ3n) is 5.39. The van der Waals surface area contributed by atoms with Crippen molar-refractivity contribution in [2.45, 2.75) is 35.5 Å². The highest BCUT2D eigenvalue weighted by molar-refractivity contribution is 14.1. The monoisotopic (exact) mass is 450 g/mol. The fourth-order valence-corrected chi connectivity index (χ4v) is 4.95. The standard InChI is InChI=1S/C20H19IO4/c1-19(2)14-9-6-12(17(24)25)10-15(14)20(3,18(19)21)13-7-4-11(5-8-13)16(22)23/h4-10,18H,1-3H3,(H,22,23)(H,24,25). The van der Waals surface area contributed by atoms with Crippen LogP contribution in [-0.4, -0.2) is 26.1 Å². The summed E-state index contributed by atoms with van der Waals surface area (Å²) in [5.41, 5.74) is 3.12. The maximum absolute atomic E-state index is 11.4. The van der Waals surface area contributed by atoms with E-state index in [-0.39, 0.29) is 20.5 Å². The molecule has 0 bridgehead atoms. The molecule has 2 unspecified atom stereocenters. The number of alkyl halides is 1. The van der Waals surface area contributed by atoms with Crippen LogP contribution in [0, 0.1) is 0 Å². The molecule has 0 saturated carbocycles. The van der Waals surface area contributed by atoms with Crippen LogP contribution in [-0.2, 0) is 10.8 Å². The predicted molar refractivity (Wildman–Crippen MR) is 104 cm³/mol. The van der Waals surface area contributed by atoms with Gasteiger partial charge in [-0.1, -0.05) is 61.6 Å². The second-order valence-corrected chi connectivity index (χ2v) is 8.48. The molecule has 130 valence electrons. The molecule has 2 aromatic carbocycles. The van der Waals surface area contributed by atoms with Crippen LogP contribution in [0.1, 0.15) is 58.2 Å². The number of carboxylic acid groups (broad SMARTS) is 2. The molecule has 0 aromatic heterocycles. The average molecular weight is 450 g/mol. The van der Waals surface area contributed by atoms with Gasteiger partial charge >= 0.3 is 11.9 Å². The Morgan fingerprint density at radius 1 is 0.880 bits per heavy atom. The molecule has 0 aliphatic heterocycles. The Morgan fingerprint density at radius 2 is 1.40 bits per heavy atom. The first-order valence-corrected chi connectivity index (χ1v) is 9.21.